The Morgan fingerprint density at radius 1 is 1.02 bits per heavy atom. The monoisotopic (exact) mass is 660 g/mol. The molecule has 0 fully saturated rings. The van der Waals surface area contributed by atoms with E-state index in [1.807, 2.05) is 0 Å². The number of hydrogen-bond donors (Lipinski definition) is 0. The molecule has 1 aromatic heterocycles. The summed E-state index contributed by atoms with van der Waals surface area (Å²) in [4.78, 5) is 30.3. The number of esters is 1. The van der Waals surface area contributed by atoms with E-state index < -0.39 is 40.8 Å². The lowest BCUT2D eigenvalue weighted by Gasteiger charge is -2.26. The first-order chi connectivity index (χ1) is 21.5. The highest BCUT2D eigenvalue weighted by Gasteiger charge is 2.45. The number of benzene rings is 3. The molecule has 0 saturated heterocycles. The highest BCUT2D eigenvalue weighted by atomic mass is 35.5. The van der Waals surface area contributed by atoms with Gasteiger partial charge in [0, 0.05) is 10.6 Å². The highest BCUT2D eigenvalue weighted by Crippen LogP contribution is 2.38. The molecule has 0 N–H and O–H groups in total. The molecule has 234 valence electrons. The van der Waals surface area contributed by atoms with Gasteiger partial charge in [-0.25, -0.2) is 14.2 Å². The summed E-state index contributed by atoms with van der Waals surface area (Å²) in [6.07, 6.45) is -3.54. The molecule has 0 radical (unpaired) electrons. The topological polar surface area (TPSA) is 79.1 Å². The molecular formula is C32H25ClF4N2O5S. The van der Waals surface area contributed by atoms with E-state index in [0.717, 1.165) is 15.9 Å². The molecule has 0 aliphatic carbocycles. The standard InChI is InChI=1S/C32H25ClF4N2O5S/c1-3-42-24-15-18(9-14-23(24)44-17-20-7-5-6-8-22(20)34)16-25-29(40)39-27(19-10-12-21(33)13-11-19)26(30(41)43-4-2)28(32(35,36)37)38-31(39)45-25/h5-16,27H,3-4,17H2,1-2H3/b25-16-/t27-/m0/s1. The molecule has 0 amide bonds. The van der Waals surface area contributed by atoms with Crippen molar-refractivity contribution in [1.29, 1.82) is 0 Å². The fraction of sp³-hybridized carbons (Fsp3) is 0.219. The van der Waals surface area contributed by atoms with Gasteiger partial charge in [0.25, 0.3) is 5.56 Å². The molecule has 1 atom stereocenters. The molecule has 3 aromatic carbocycles. The Labute approximate surface area is 263 Å². The lowest BCUT2D eigenvalue weighted by molar-refractivity contribution is -0.140. The van der Waals surface area contributed by atoms with Gasteiger partial charge in [-0.3, -0.25) is 9.36 Å². The third-order valence-electron chi connectivity index (χ3n) is 6.69. The Kier molecular flexibility index (Phi) is 9.45. The van der Waals surface area contributed by atoms with Crippen molar-refractivity contribution in [3.05, 3.63) is 125 Å². The van der Waals surface area contributed by atoms with Crippen LogP contribution >= 0.6 is 22.9 Å². The van der Waals surface area contributed by atoms with E-state index in [9.17, 15) is 27.2 Å². The van der Waals surface area contributed by atoms with Crippen molar-refractivity contribution in [2.75, 3.05) is 13.2 Å². The minimum Gasteiger partial charge on any atom is -0.490 e. The third-order valence-corrected chi connectivity index (χ3v) is 7.92. The number of fused-ring (bicyclic) bond motifs is 1. The Hall–Kier alpha value is -4.42. The number of halogens is 5. The van der Waals surface area contributed by atoms with Crippen molar-refractivity contribution in [2.24, 2.45) is 4.99 Å². The summed E-state index contributed by atoms with van der Waals surface area (Å²) in [5, 5.41) is 0.315. The van der Waals surface area contributed by atoms with Crippen molar-refractivity contribution in [3.8, 4) is 11.5 Å². The summed E-state index contributed by atoms with van der Waals surface area (Å²) >= 11 is 6.76. The SMILES string of the molecule is CCOC(=O)C1=C(C(F)(F)F)N=c2s/c(=C\c3ccc(OCc4ccccc4F)c(OCC)c3)c(=O)n2[C@H]1c1ccc(Cl)cc1. The lowest BCUT2D eigenvalue weighted by atomic mass is 9.95. The van der Waals surface area contributed by atoms with Crippen LogP contribution in [-0.2, 0) is 16.1 Å². The second-order valence-electron chi connectivity index (χ2n) is 9.63. The number of carbonyl (C=O) groups is 1. The fourth-order valence-corrected chi connectivity index (χ4v) is 5.85. The number of carbonyl (C=O) groups excluding carboxylic acids is 1. The molecule has 1 aliphatic rings. The van der Waals surface area contributed by atoms with Crippen LogP contribution in [-0.4, -0.2) is 29.9 Å². The van der Waals surface area contributed by atoms with Crippen LogP contribution in [0.1, 0.15) is 36.6 Å². The zero-order valence-electron chi connectivity index (χ0n) is 23.9. The van der Waals surface area contributed by atoms with Crippen molar-refractivity contribution in [2.45, 2.75) is 32.7 Å². The first kappa shape index (κ1) is 32.0. The average Bonchev–Trinajstić information content (AvgIpc) is 3.31. The van der Waals surface area contributed by atoms with Crippen molar-refractivity contribution in [1.82, 2.24) is 4.57 Å². The summed E-state index contributed by atoms with van der Waals surface area (Å²) in [7, 11) is 0. The lowest BCUT2D eigenvalue weighted by Crippen LogP contribution is -2.41. The largest absolute Gasteiger partial charge is 0.490 e. The van der Waals surface area contributed by atoms with Crippen LogP contribution in [0.25, 0.3) is 6.08 Å². The van der Waals surface area contributed by atoms with Gasteiger partial charge in [0.1, 0.15) is 12.4 Å². The Bertz CT molecular complexity index is 1950. The molecule has 0 unspecified atom stereocenters. The predicted octanol–water partition coefficient (Wildman–Crippen LogP) is 6.11. The molecule has 0 spiro atoms. The summed E-state index contributed by atoms with van der Waals surface area (Å²) in [6.45, 7) is 3.26. The number of nitrogens with zero attached hydrogens (tertiary/aromatic N) is 2. The molecule has 1 aliphatic heterocycles. The summed E-state index contributed by atoms with van der Waals surface area (Å²) in [5.74, 6) is -1.01. The van der Waals surface area contributed by atoms with Crippen LogP contribution in [0.4, 0.5) is 17.6 Å². The number of hydrogen-bond acceptors (Lipinski definition) is 7. The van der Waals surface area contributed by atoms with E-state index in [2.05, 4.69) is 4.99 Å². The fourth-order valence-electron chi connectivity index (χ4n) is 4.73. The number of allylic oxidation sites excluding steroid dienone is 1. The second kappa shape index (κ2) is 13.3. The van der Waals surface area contributed by atoms with E-state index >= 15 is 0 Å². The zero-order chi connectivity index (χ0) is 32.3. The Morgan fingerprint density at radius 2 is 1.76 bits per heavy atom. The number of rotatable bonds is 9. The van der Waals surface area contributed by atoms with Gasteiger partial charge < -0.3 is 14.2 Å². The maximum absolute atomic E-state index is 14.3. The van der Waals surface area contributed by atoms with E-state index in [0.29, 0.717) is 27.6 Å². The minimum atomic E-state index is -5.02. The zero-order valence-corrected chi connectivity index (χ0v) is 25.4. The van der Waals surface area contributed by atoms with Crippen LogP contribution < -0.4 is 24.4 Å². The van der Waals surface area contributed by atoms with E-state index in [1.165, 1.54) is 43.3 Å². The normalized spacial score (nSPS) is 15.0. The number of thiazole rings is 1. The predicted molar refractivity (Wildman–Crippen MR) is 161 cm³/mol. The number of ether oxygens (including phenoxy) is 3. The van der Waals surface area contributed by atoms with Gasteiger partial charge in [-0.15, -0.1) is 0 Å². The first-order valence-electron chi connectivity index (χ1n) is 13.7. The van der Waals surface area contributed by atoms with Crippen molar-refractivity contribution in [3.63, 3.8) is 0 Å². The van der Waals surface area contributed by atoms with Crippen molar-refractivity contribution >= 4 is 35.0 Å². The van der Waals surface area contributed by atoms with Crippen LogP contribution in [0, 0.1) is 5.82 Å². The quantitative estimate of drug-likeness (QED) is 0.160. The van der Waals surface area contributed by atoms with Gasteiger partial charge in [0.05, 0.1) is 29.4 Å². The molecule has 0 saturated carbocycles. The van der Waals surface area contributed by atoms with Gasteiger partial charge in [0.15, 0.2) is 22.0 Å². The molecule has 0 bridgehead atoms. The van der Waals surface area contributed by atoms with Crippen LogP contribution in [0.15, 0.2) is 87.8 Å². The molecule has 7 nitrogen and oxygen atoms in total. The van der Waals surface area contributed by atoms with E-state index in [1.54, 1.807) is 43.3 Å². The number of alkyl halides is 3. The maximum Gasteiger partial charge on any atom is 0.434 e. The molecule has 4 aromatic rings. The van der Waals surface area contributed by atoms with Gasteiger partial charge in [-0.2, -0.15) is 13.2 Å². The Morgan fingerprint density at radius 3 is 2.42 bits per heavy atom. The van der Waals surface area contributed by atoms with Crippen molar-refractivity contribution < 1.29 is 36.6 Å². The van der Waals surface area contributed by atoms with Gasteiger partial charge in [-0.05, 0) is 61.4 Å². The highest BCUT2D eigenvalue weighted by molar-refractivity contribution is 7.07. The van der Waals surface area contributed by atoms with Crippen LogP contribution in [0.3, 0.4) is 0 Å². The van der Waals surface area contributed by atoms with Crippen LogP contribution in [0.5, 0.6) is 11.5 Å². The molecule has 13 heteroatoms. The molecule has 2 heterocycles. The Balaban J connectivity index is 1.62. The third kappa shape index (κ3) is 6.81. The second-order valence-corrected chi connectivity index (χ2v) is 11.1. The van der Waals surface area contributed by atoms with Gasteiger partial charge >= 0.3 is 12.1 Å². The smallest absolute Gasteiger partial charge is 0.434 e. The van der Waals surface area contributed by atoms with Crippen LogP contribution in [0.2, 0.25) is 5.02 Å². The molecular weight excluding hydrogens is 636 g/mol. The molecule has 45 heavy (non-hydrogen) atoms. The van der Waals surface area contributed by atoms with E-state index in [4.69, 9.17) is 25.8 Å². The molecule has 5 rings (SSSR count). The minimum absolute atomic E-state index is 0.0558. The summed E-state index contributed by atoms with van der Waals surface area (Å²) < 4.78 is 74.7. The average molecular weight is 661 g/mol. The first-order valence-corrected chi connectivity index (χ1v) is 14.9. The van der Waals surface area contributed by atoms with Gasteiger partial charge in [-0.1, -0.05) is 59.3 Å². The number of aromatic nitrogens is 1. The summed E-state index contributed by atoms with van der Waals surface area (Å²) in [6, 6.07) is 15.3. The maximum atomic E-state index is 14.3. The van der Waals surface area contributed by atoms with Gasteiger partial charge in [0.2, 0.25) is 0 Å². The van der Waals surface area contributed by atoms with E-state index in [-0.39, 0.29) is 34.7 Å². The summed E-state index contributed by atoms with van der Waals surface area (Å²) in [5.41, 5.74) is -1.88.